The highest BCUT2D eigenvalue weighted by Gasteiger charge is 2.28. The van der Waals surface area contributed by atoms with Crippen molar-refractivity contribution < 1.29 is 23.9 Å². The third kappa shape index (κ3) is 6.45. The number of halogens is 2. The minimum absolute atomic E-state index is 0.0528. The molecule has 0 aliphatic rings. The molecule has 0 saturated carbocycles. The lowest BCUT2D eigenvalue weighted by Crippen LogP contribution is -2.47. The average molecular weight is 510 g/mol. The molecule has 11 heteroatoms. The molecular formula is C23H25Cl2N3O6. The molecule has 0 fully saturated rings. The summed E-state index contributed by atoms with van der Waals surface area (Å²) in [5.41, 5.74) is 0.321. The largest absolute Gasteiger partial charge is 0.454 e. The summed E-state index contributed by atoms with van der Waals surface area (Å²) in [6, 6.07) is 5.47. The average Bonchev–Trinajstić information content (AvgIpc) is 2.76. The lowest BCUT2D eigenvalue weighted by molar-refractivity contribution is -0.132. The first-order valence-electron chi connectivity index (χ1n) is 10.3. The predicted octanol–water partition coefficient (Wildman–Crippen LogP) is 2.96. The highest BCUT2D eigenvalue weighted by atomic mass is 35.5. The number of aromatic nitrogens is 1. The summed E-state index contributed by atoms with van der Waals surface area (Å²) >= 11 is 12.0. The maximum Gasteiger partial charge on any atom is 0.341 e. The van der Waals surface area contributed by atoms with E-state index < -0.39 is 41.9 Å². The van der Waals surface area contributed by atoms with Crippen LogP contribution in [0.4, 0.5) is 5.69 Å². The molecule has 0 radical (unpaired) electrons. The molecule has 1 aromatic heterocycles. The standard InChI is InChI=1S/C23H25Cl2N3O6/c1-12-8-9-17(26-4)22(32)28(12)14(3)21(31)27-18(10-13(2)29)19(30)11-34-23(33)20-15(24)6-5-7-16(20)25/h5-9,14,18,26H,10-11H2,1-4H3,(H,27,31)/t14?,18-/m0/s1. The van der Waals surface area contributed by atoms with E-state index in [0.29, 0.717) is 11.4 Å². The van der Waals surface area contributed by atoms with Crippen molar-refractivity contribution in [2.45, 2.75) is 39.3 Å². The fraction of sp³-hybridized carbons (Fsp3) is 0.348. The number of aryl methyl sites for hydroxylation is 1. The Morgan fingerprint density at radius 3 is 2.26 bits per heavy atom. The third-order valence-electron chi connectivity index (χ3n) is 5.07. The zero-order valence-corrected chi connectivity index (χ0v) is 20.6. The van der Waals surface area contributed by atoms with Gasteiger partial charge >= 0.3 is 5.97 Å². The van der Waals surface area contributed by atoms with Crippen LogP contribution in [-0.2, 0) is 19.1 Å². The van der Waals surface area contributed by atoms with E-state index in [1.54, 1.807) is 32.2 Å². The molecule has 182 valence electrons. The Bertz CT molecular complexity index is 1160. The number of pyridine rings is 1. The van der Waals surface area contributed by atoms with Gasteiger partial charge in [0.1, 0.15) is 17.5 Å². The first-order chi connectivity index (χ1) is 16.0. The van der Waals surface area contributed by atoms with Crippen LogP contribution in [-0.4, -0.2) is 47.7 Å². The van der Waals surface area contributed by atoms with Crippen LogP contribution in [0.2, 0.25) is 10.0 Å². The van der Waals surface area contributed by atoms with Gasteiger partial charge in [0, 0.05) is 19.2 Å². The van der Waals surface area contributed by atoms with Crippen LogP contribution >= 0.6 is 23.2 Å². The van der Waals surface area contributed by atoms with Crippen LogP contribution in [0.25, 0.3) is 0 Å². The van der Waals surface area contributed by atoms with Crippen LogP contribution in [0.5, 0.6) is 0 Å². The summed E-state index contributed by atoms with van der Waals surface area (Å²) in [4.78, 5) is 62.3. The monoisotopic (exact) mass is 509 g/mol. The number of amides is 1. The van der Waals surface area contributed by atoms with Gasteiger partial charge in [-0.1, -0.05) is 29.3 Å². The number of carbonyl (C=O) groups excluding carboxylic acids is 4. The van der Waals surface area contributed by atoms with Crippen molar-refractivity contribution in [3.8, 4) is 0 Å². The predicted molar refractivity (Wildman–Crippen MR) is 129 cm³/mol. The zero-order chi connectivity index (χ0) is 25.6. The normalized spacial score (nSPS) is 12.4. The second-order valence-corrected chi connectivity index (χ2v) is 8.41. The quantitative estimate of drug-likeness (QED) is 0.471. The van der Waals surface area contributed by atoms with Crippen molar-refractivity contribution in [1.82, 2.24) is 9.88 Å². The Balaban J connectivity index is 2.17. The number of rotatable bonds is 10. The van der Waals surface area contributed by atoms with Gasteiger partial charge in [-0.15, -0.1) is 0 Å². The molecule has 0 aliphatic heterocycles. The molecule has 2 N–H and O–H groups in total. The fourth-order valence-electron chi connectivity index (χ4n) is 3.26. The summed E-state index contributed by atoms with van der Waals surface area (Å²) in [7, 11) is 1.58. The summed E-state index contributed by atoms with van der Waals surface area (Å²) in [6.45, 7) is 3.71. The van der Waals surface area contributed by atoms with Gasteiger partial charge in [0.2, 0.25) is 5.91 Å². The molecule has 0 spiro atoms. The van der Waals surface area contributed by atoms with E-state index in [1.165, 1.54) is 30.5 Å². The minimum Gasteiger partial charge on any atom is -0.454 e. The van der Waals surface area contributed by atoms with Crippen molar-refractivity contribution in [2.75, 3.05) is 19.0 Å². The van der Waals surface area contributed by atoms with E-state index in [9.17, 15) is 24.0 Å². The van der Waals surface area contributed by atoms with Gasteiger partial charge < -0.3 is 15.4 Å². The second kappa shape index (κ2) is 11.8. The van der Waals surface area contributed by atoms with Crippen molar-refractivity contribution in [2.24, 2.45) is 0 Å². The van der Waals surface area contributed by atoms with Gasteiger partial charge in [0.15, 0.2) is 12.4 Å². The number of anilines is 1. The van der Waals surface area contributed by atoms with Crippen molar-refractivity contribution in [1.29, 1.82) is 0 Å². The summed E-state index contributed by atoms with van der Waals surface area (Å²) in [5, 5.41) is 5.36. The number of carbonyl (C=O) groups is 4. The fourth-order valence-corrected chi connectivity index (χ4v) is 3.81. The molecule has 0 bridgehead atoms. The zero-order valence-electron chi connectivity index (χ0n) is 19.1. The molecule has 34 heavy (non-hydrogen) atoms. The number of ether oxygens (including phenoxy) is 1. The highest BCUT2D eigenvalue weighted by molar-refractivity contribution is 6.39. The van der Waals surface area contributed by atoms with Crippen LogP contribution in [0, 0.1) is 6.92 Å². The van der Waals surface area contributed by atoms with Crippen molar-refractivity contribution in [3.05, 3.63) is 62.0 Å². The maximum atomic E-state index is 12.9. The molecule has 2 atom stereocenters. The topological polar surface area (TPSA) is 124 Å². The molecule has 0 aliphatic carbocycles. The summed E-state index contributed by atoms with van der Waals surface area (Å²) < 4.78 is 6.30. The smallest absolute Gasteiger partial charge is 0.341 e. The first kappa shape index (κ1) is 27.1. The van der Waals surface area contributed by atoms with Gasteiger partial charge in [0.05, 0.1) is 21.7 Å². The lowest BCUT2D eigenvalue weighted by atomic mass is 10.1. The number of hydrogen-bond acceptors (Lipinski definition) is 7. The van der Waals surface area contributed by atoms with E-state index in [0.717, 1.165) is 0 Å². The first-order valence-corrected chi connectivity index (χ1v) is 11.1. The van der Waals surface area contributed by atoms with Gasteiger partial charge in [-0.05, 0) is 45.0 Å². The molecule has 1 aromatic carbocycles. The molecule has 1 amide bonds. The Labute approximate surface area is 206 Å². The Hall–Kier alpha value is -3.17. The van der Waals surface area contributed by atoms with E-state index in [4.69, 9.17) is 27.9 Å². The Kier molecular flexibility index (Phi) is 9.40. The van der Waals surface area contributed by atoms with Crippen LogP contribution in [0.15, 0.2) is 35.1 Å². The van der Waals surface area contributed by atoms with Crippen molar-refractivity contribution in [3.63, 3.8) is 0 Å². The number of hydrogen-bond donors (Lipinski definition) is 2. The van der Waals surface area contributed by atoms with Crippen LogP contribution < -0.4 is 16.2 Å². The van der Waals surface area contributed by atoms with Crippen LogP contribution in [0.3, 0.4) is 0 Å². The van der Waals surface area contributed by atoms with Gasteiger partial charge in [-0.3, -0.25) is 23.7 Å². The lowest BCUT2D eigenvalue weighted by Gasteiger charge is -2.22. The summed E-state index contributed by atoms with van der Waals surface area (Å²) in [5.74, 6) is -2.65. The molecule has 2 rings (SSSR count). The van der Waals surface area contributed by atoms with E-state index >= 15 is 0 Å². The maximum absolute atomic E-state index is 12.9. The van der Waals surface area contributed by atoms with E-state index in [1.807, 2.05) is 0 Å². The Morgan fingerprint density at radius 2 is 1.71 bits per heavy atom. The molecule has 0 saturated heterocycles. The SMILES string of the molecule is CNc1ccc(C)n(C(C)C(=O)N[C@@H](CC(C)=O)C(=O)COC(=O)c2c(Cl)cccc2Cl)c1=O. The third-order valence-corrected chi connectivity index (χ3v) is 5.70. The number of Topliss-reactive ketones (excluding diaryl/α,β-unsaturated/α-hetero) is 2. The number of nitrogens with zero attached hydrogens (tertiary/aromatic N) is 1. The highest BCUT2D eigenvalue weighted by Crippen LogP contribution is 2.25. The summed E-state index contributed by atoms with van der Waals surface area (Å²) in [6.07, 6.45) is -0.313. The van der Waals surface area contributed by atoms with Gasteiger partial charge in [-0.2, -0.15) is 0 Å². The van der Waals surface area contributed by atoms with Crippen molar-refractivity contribution >= 4 is 52.3 Å². The van der Waals surface area contributed by atoms with Gasteiger partial charge in [-0.25, -0.2) is 4.79 Å². The number of esters is 1. The Morgan fingerprint density at radius 1 is 1.09 bits per heavy atom. The van der Waals surface area contributed by atoms with Gasteiger partial charge in [0.25, 0.3) is 5.56 Å². The van der Waals surface area contributed by atoms with E-state index in [-0.39, 0.29) is 27.8 Å². The molecular weight excluding hydrogens is 485 g/mol. The minimum atomic E-state index is -1.26. The van der Waals surface area contributed by atoms with Crippen LogP contribution in [0.1, 0.15) is 42.4 Å². The molecule has 1 unspecified atom stereocenters. The molecule has 2 aromatic rings. The molecule has 9 nitrogen and oxygen atoms in total. The number of nitrogens with one attached hydrogen (secondary N) is 2. The van der Waals surface area contributed by atoms with E-state index in [2.05, 4.69) is 10.6 Å². The second-order valence-electron chi connectivity index (χ2n) is 7.60. The molecule has 1 heterocycles. The number of benzene rings is 1. The number of ketones is 2.